The maximum absolute atomic E-state index is 12.4. The number of hydrogen-bond donors (Lipinski definition) is 0. The third-order valence-electron chi connectivity index (χ3n) is 3.25. The summed E-state index contributed by atoms with van der Waals surface area (Å²) in [5.74, 6) is 0.261. The molecule has 0 aliphatic carbocycles. The third-order valence-corrected chi connectivity index (χ3v) is 4.01. The van der Waals surface area contributed by atoms with Gasteiger partial charge in [-0.1, -0.05) is 13.8 Å². The first-order valence-corrected chi connectivity index (χ1v) is 10.9. The van der Waals surface area contributed by atoms with E-state index in [-0.39, 0.29) is 11.9 Å². The zero-order valence-corrected chi connectivity index (χ0v) is 20.4. The van der Waals surface area contributed by atoms with Crippen LogP contribution < -0.4 is 16.2 Å². The average Bonchev–Trinajstić information content (AvgIpc) is 3.02. The molecule has 0 bridgehead atoms. The topological polar surface area (TPSA) is 55.5 Å². The fraction of sp³-hybridized carbons (Fsp3) is 0.286. The first kappa shape index (κ1) is 23.6. The third kappa shape index (κ3) is 6.88. The van der Waals surface area contributed by atoms with Crippen LogP contribution in [-0.2, 0) is 36.3 Å². The molecule has 0 amide bonds. The number of allylic oxidation sites excluding steroid dienone is 4. The first-order valence-electron chi connectivity index (χ1n) is 8.52. The Balaban J connectivity index is 0.00000176. The van der Waals surface area contributed by atoms with E-state index < -0.39 is 5.63 Å². The van der Waals surface area contributed by atoms with Gasteiger partial charge in [0.1, 0.15) is 0 Å². The fourth-order valence-corrected chi connectivity index (χ4v) is 2.77. The van der Waals surface area contributed by atoms with Crippen LogP contribution in [0.4, 0.5) is 0 Å². The molecule has 1 aromatic heterocycles. The molecule has 0 N–H and O–H groups in total. The van der Waals surface area contributed by atoms with Gasteiger partial charge in [0.25, 0.3) is 0 Å². The minimum atomic E-state index is -0.434. The van der Waals surface area contributed by atoms with E-state index in [2.05, 4.69) is 39.1 Å². The van der Waals surface area contributed by atoms with E-state index in [9.17, 15) is 4.79 Å². The van der Waals surface area contributed by atoms with Crippen molar-refractivity contribution in [3.05, 3.63) is 57.3 Å². The van der Waals surface area contributed by atoms with Gasteiger partial charge in [0, 0.05) is 0 Å². The average molecular weight is 569 g/mol. The summed E-state index contributed by atoms with van der Waals surface area (Å²) in [4.78, 5) is 21.4. The van der Waals surface area contributed by atoms with Crippen molar-refractivity contribution in [2.75, 3.05) is 0 Å². The van der Waals surface area contributed by atoms with Gasteiger partial charge < -0.3 is 0 Å². The molecule has 1 aromatic rings. The molecule has 0 spiro atoms. The van der Waals surface area contributed by atoms with Gasteiger partial charge in [0.2, 0.25) is 0 Å². The van der Waals surface area contributed by atoms with Gasteiger partial charge in [0.05, 0.1) is 0 Å². The fourth-order valence-electron chi connectivity index (χ4n) is 2.24. The molecule has 1 atom stereocenters. The molecular weight excluding hydrogens is 547 g/mol. The second-order valence-corrected chi connectivity index (χ2v) is 7.31. The van der Waals surface area contributed by atoms with Crippen molar-refractivity contribution < 1.29 is 40.7 Å². The van der Waals surface area contributed by atoms with E-state index in [1.54, 1.807) is 13.0 Å². The van der Waals surface area contributed by atoms with Gasteiger partial charge in [-0.05, 0) is 0 Å². The van der Waals surface area contributed by atoms with Gasteiger partial charge in [-0.25, -0.2) is 0 Å². The Labute approximate surface area is 180 Å². The summed E-state index contributed by atoms with van der Waals surface area (Å²) in [6.45, 7) is 9.51. The molecule has 0 aromatic carbocycles. The summed E-state index contributed by atoms with van der Waals surface area (Å²) in [7, 11) is 0. The summed E-state index contributed by atoms with van der Waals surface area (Å²) < 4.78 is 8.41. The van der Waals surface area contributed by atoms with Crippen molar-refractivity contribution in [1.29, 1.82) is 0 Å². The van der Waals surface area contributed by atoms with E-state index in [1.807, 2.05) is 56.4 Å². The molecule has 6 heteroatoms. The quantitative estimate of drug-likeness (QED) is 0.402. The van der Waals surface area contributed by atoms with Crippen LogP contribution in [0.25, 0.3) is 17.7 Å². The Morgan fingerprint density at radius 2 is 2.07 bits per heavy atom. The maximum atomic E-state index is 12.4. The Morgan fingerprint density at radius 3 is 2.67 bits per heavy atom. The number of hydrogen-bond acceptors (Lipinski definition) is 4. The second kappa shape index (κ2) is 12.1. The zero-order chi connectivity index (χ0) is 20.4. The SMILES string of the molecule is CC.C[C-]=c1nc(C2=CC(C)=NC2[C-]=CC=C[CH]=[W])oc(=O)c1=C[C](C)=[V]. The van der Waals surface area contributed by atoms with Crippen molar-refractivity contribution in [2.24, 2.45) is 4.99 Å². The van der Waals surface area contributed by atoms with Crippen molar-refractivity contribution >= 4 is 32.1 Å². The number of rotatable bonds is 5. The molecule has 2 heterocycles. The molecular formula is C21H22N2O2VW-2. The van der Waals surface area contributed by atoms with Crippen LogP contribution in [0.1, 0.15) is 40.5 Å². The molecule has 1 aliphatic rings. The Hall–Kier alpha value is -1.48. The van der Waals surface area contributed by atoms with Gasteiger partial charge in [-0.2, -0.15) is 0 Å². The van der Waals surface area contributed by atoms with Gasteiger partial charge in [-0.3, -0.25) is 0 Å². The zero-order valence-electron chi connectivity index (χ0n) is 16.1. The van der Waals surface area contributed by atoms with Crippen molar-refractivity contribution in [2.45, 2.75) is 40.7 Å². The summed E-state index contributed by atoms with van der Waals surface area (Å²) >= 11 is 3.77. The number of aromatic nitrogens is 1. The summed E-state index contributed by atoms with van der Waals surface area (Å²) in [6, 6.07) is -0.333. The molecule has 0 saturated carbocycles. The van der Waals surface area contributed by atoms with E-state index in [4.69, 9.17) is 4.42 Å². The normalized spacial score (nSPS) is 17.7. The van der Waals surface area contributed by atoms with E-state index in [0.29, 0.717) is 10.6 Å². The standard InChI is InChI=1S/C19H16N2O2.C2H6.V.W/c1-5-8-9-11-17-15(12-13(4)20-17)18-21-16(7-3)14(10-6-2)19(22)23-18;1-2;;/h1,5,8-10,12,17H,2-4H3;1-2H3;;/q-2;;;. The molecule has 0 saturated heterocycles. The summed E-state index contributed by atoms with van der Waals surface area (Å²) in [5, 5.41) is 0.883. The molecule has 2 rings (SSSR count). The molecule has 141 valence electrons. The molecule has 1 unspecified atom stereocenters. The van der Waals surface area contributed by atoms with Crippen LogP contribution >= 0.6 is 0 Å². The van der Waals surface area contributed by atoms with Gasteiger partial charge >= 0.3 is 167 Å². The predicted octanol–water partition coefficient (Wildman–Crippen LogP) is 1.75. The predicted molar refractivity (Wildman–Crippen MR) is 105 cm³/mol. The van der Waals surface area contributed by atoms with Crippen molar-refractivity contribution in [3.8, 4) is 0 Å². The van der Waals surface area contributed by atoms with Crippen LogP contribution in [0.3, 0.4) is 0 Å². The number of aliphatic imine (C=N–C) groups is 1. The van der Waals surface area contributed by atoms with Crippen molar-refractivity contribution in [1.82, 2.24) is 4.98 Å². The monoisotopic (exact) mass is 569 g/mol. The Bertz CT molecular complexity index is 998. The van der Waals surface area contributed by atoms with Gasteiger partial charge in [-0.15, -0.1) is 0 Å². The van der Waals surface area contributed by atoms with Crippen LogP contribution in [0.15, 0.2) is 38.5 Å². The van der Waals surface area contributed by atoms with Crippen LogP contribution in [0, 0.1) is 6.08 Å². The molecule has 4 nitrogen and oxygen atoms in total. The minimum absolute atomic E-state index is 0.261. The molecule has 0 fully saturated rings. The second-order valence-electron chi connectivity index (χ2n) is 5.23. The Morgan fingerprint density at radius 1 is 1.37 bits per heavy atom. The van der Waals surface area contributed by atoms with Gasteiger partial charge in [0.15, 0.2) is 0 Å². The number of nitrogens with zero attached hydrogens (tertiary/aromatic N) is 2. The van der Waals surface area contributed by atoms with E-state index >= 15 is 0 Å². The van der Waals surface area contributed by atoms with E-state index in [0.717, 1.165) is 15.5 Å². The van der Waals surface area contributed by atoms with Crippen LogP contribution in [0.5, 0.6) is 0 Å². The van der Waals surface area contributed by atoms with Crippen LogP contribution in [0.2, 0.25) is 0 Å². The molecule has 0 radical (unpaired) electrons. The summed E-state index contributed by atoms with van der Waals surface area (Å²) in [6.07, 6.45) is 15.4. The van der Waals surface area contributed by atoms with Crippen molar-refractivity contribution in [3.63, 3.8) is 0 Å². The van der Waals surface area contributed by atoms with Crippen LogP contribution in [-0.4, -0.2) is 25.4 Å². The van der Waals surface area contributed by atoms with E-state index in [1.165, 1.54) is 19.4 Å². The first-order chi connectivity index (χ1) is 13.0. The summed E-state index contributed by atoms with van der Waals surface area (Å²) in [5.41, 5.74) is 1.13. The molecule has 1 aliphatic heterocycles. The Kier molecular flexibility index (Phi) is 10.5. The molecule has 27 heavy (non-hydrogen) atoms.